The predicted octanol–water partition coefficient (Wildman–Crippen LogP) is 0.457. The molecule has 0 spiro atoms. The number of amides is 1. The first-order valence-corrected chi connectivity index (χ1v) is 5.50. The van der Waals surface area contributed by atoms with Crippen molar-refractivity contribution < 1.29 is 14.3 Å². The van der Waals surface area contributed by atoms with Crippen LogP contribution >= 0.6 is 11.6 Å². The molecule has 0 bridgehead atoms. The number of nitrogens with two attached hydrogens (primary N) is 1. The van der Waals surface area contributed by atoms with Crippen molar-refractivity contribution in [1.29, 1.82) is 0 Å². The van der Waals surface area contributed by atoms with E-state index >= 15 is 0 Å². The Bertz CT molecular complexity index is 401. The lowest BCUT2D eigenvalue weighted by molar-refractivity contribution is -0.123. The van der Waals surface area contributed by atoms with Gasteiger partial charge in [-0.15, -0.1) is 0 Å². The van der Waals surface area contributed by atoms with Crippen LogP contribution in [-0.4, -0.2) is 30.2 Å². The van der Waals surface area contributed by atoms with Crippen molar-refractivity contribution in [2.45, 2.75) is 12.5 Å². The van der Waals surface area contributed by atoms with E-state index in [-0.39, 0.29) is 5.02 Å². The van der Waals surface area contributed by atoms with Gasteiger partial charge < -0.3 is 16.2 Å². The predicted molar refractivity (Wildman–Crippen MR) is 63.2 cm³/mol. The molecule has 0 fully saturated rings. The second kappa shape index (κ2) is 6.54. The number of aliphatic hydroxyl groups is 1. The summed E-state index contributed by atoms with van der Waals surface area (Å²) in [7, 11) is 0. The normalized spacial score (nSPS) is 12.2. The summed E-state index contributed by atoms with van der Waals surface area (Å²) in [5, 5.41) is 11.3. The molecule has 6 heteroatoms. The molecule has 0 radical (unpaired) electrons. The maximum atomic E-state index is 12.9. The molecular weight excluding hydrogens is 247 g/mol. The Kier molecular flexibility index (Phi) is 5.34. The van der Waals surface area contributed by atoms with Crippen LogP contribution in [-0.2, 0) is 11.2 Å². The van der Waals surface area contributed by atoms with Crippen LogP contribution < -0.4 is 11.1 Å². The standard InChI is InChI=1S/C11H14ClFN2O2/c12-8-5-7(1-2-9(8)13)3-4-15-11(17)10(14)6-16/h1-2,5,10,16H,3-4,6,14H2,(H,15,17). The van der Waals surface area contributed by atoms with Crippen LogP contribution in [0.15, 0.2) is 18.2 Å². The summed E-state index contributed by atoms with van der Waals surface area (Å²) in [6, 6.07) is 3.47. The van der Waals surface area contributed by atoms with Crippen molar-refractivity contribution in [3.63, 3.8) is 0 Å². The number of rotatable bonds is 5. The number of carbonyl (C=O) groups is 1. The van der Waals surface area contributed by atoms with E-state index in [9.17, 15) is 9.18 Å². The summed E-state index contributed by atoms with van der Waals surface area (Å²) in [6.07, 6.45) is 0.518. The molecule has 1 unspecified atom stereocenters. The second-order valence-corrected chi connectivity index (χ2v) is 3.99. The summed E-state index contributed by atoms with van der Waals surface area (Å²) >= 11 is 5.61. The Morgan fingerprint density at radius 3 is 2.88 bits per heavy atom. The first-order valence-electron chi connectivity index (χ1n) is 5.12. The van der Waals surface area contributed by atoms with Crippen LogP contribution in [0.3, 0.4) is 0 Å². The molecule has 17 heavy (non-hydrogen) atoms. The van der Waals surface area contributed by atoms with Crippen LogP contribution in [0.4, 0.5) is 4.39 Å². The monoisotopic (exact) mass is 260 g/mol. The van der Waals surface area contributed by atoms with Crippen molar-refractivity contribution in [2.24, 2.45) is 5.73 Å². The topological polar surface area (TPSA) is 75.3 Å². The van der Waals surface area contributed by atoms with Crippen molar-refractivity contribution >= 4 is 17.5 Å². The highest BCUT2D eigenvalue weighted by molar-refractivity contribution is 6.30. The van der Waals surface area contributed by atoms with E-state index in [4.69, 9.17) is 22.4 Å². The largest absolute Gasteiger partial charge is 0.394 e. The average Bonchev–Trinajstić information content (AvgIpc) is 2.32. The van der Waals surface area contributed by atoms with Gasteiger partial charge in [-0.3, -0.25) is 4.79 Å². The highest BCUT2D eigenvalue weighted by Gasteiger charge is 2.10. The van der Waals surface area contributed by atoms with Gasteiger partial charge in [-0.05, 0) is 24.1 Å². The highest BCUT2D eigenvalue weighted by atomic mass is 35.5. The van der Waals surface area contributed by atoms with Gasteiger partial charge in [-0.25, -0.2) is 4.39 Å². The number of nitrogens with one attached hydrogen (secondary N) is 1. The van der Waals surface area contributed by atoms with Gasteiger partial charge >= 0.3 is 0 Å². The zero-order valence-electron chi connectivity index (χ0n) is 9.12. The molecule has 1 rings (SSSR count). The second-order valence-electron chi connectivity index (χ2n) is 3.58. The molecule has 1 atom stereocenters. The SMILES string of the molecule is NC(CO)C(=O)NCCc1ccc(F)c(Cl)c1. The van der Waals surface area contributed by atoms with Crippen LogP contribution in [0.2, 0.25) is 5.02 Å². The van der Waals surface area contributed by atoms with Crippen LogP contribution in [0.5, 0.6) is 0 Å². The van der Waals surface area contributed by atoms with Gasteiger partial charge in [0, 0.05) is 6.54 Å². The average molecular weight is 261 g/mol. The van der Waals surface area contributed by atoms with Gasteiger partial charge in [0.15, 0.2) is 0 Å². The van der Waals surface area contributed by atoms with Crippen LogP contribution in [0.25, 0.3) is 0 Å². The van der Waals surface area contributed by atoms with Gasteiger partial charge in [0.25, 0.3) is 0 Å². The molecule has 4 nitrogen and oxygen atoms in total. The van der Waals surface area contributed by atoms with Crippen LogP contribution in [0.1, 0.15) is 5.56 Å². The Hall–Kier alpha value is -1.17. The highest BCUT2D eigenvalue weighted by Crippen LogP contribution is 2.15. The third-order valence-electron chi connectivity index (χ3n) is 2.23. The van der Waals surface area contributed by atoms with Crippen molar-refractivity contribution in [2.75, 3.05) is 13.2 Å². The minimum absolute atomic E-state index is 0.0564. The fourth-order valence-electron chi connectivity index (χ4n) is 1.24. The minimum Gasteiger partial charge on any atom is -0.394 e. The molecule has 94 valence electrons. The van der Waals surface area contributed by atoms with E-state index < -0.39 is 24.4 Å². The number of hydrogen-bond donors (Lipinski definition) is 3. The third kappa shape index (κ3) is 4.30. The number of halogens is 2. The van der Waals surface area contributed by atoms with E-state index in [2.05, 4.69) is 5.32 Å². The summed E-state index contributed by atoms with van der Waals surface area (Å²) < 4.78 is 12.9. The zero-order valence-corrected chi connectivity index (χ0v) is 9.88. The molecule has 0 aliphatic rings. The van der Waals surface area contributed by atoms with E-state index in [1.807, 2.05) is 0 Å². The van der Waals surface area contributed by atoms with Crippen LogP contribution in [0, 0.1) is 5.82 Å². The minimum atomic E-state index is -0.910. The Balaban J connectivity index is 2.41. The van der Waals surface area contributed by atoms with Gasteiger partial charge in [-0.2, -0.15) is 0 Å². The molecule has 0 aliphatic carbocycles. The molecule has 0 heterocycles. The maximum absolute atomic E-state index is 12.9. The lowest BCUT2D eigenvalue weighted by Crippen LogP contribution is -2.43. The van der Waals surface area contributed by atoms with E-state index in [1.165, 1.54) is 12.1 Å². The first kappa shape index (κ1) is 13.9. The molecule has 0 aliphatic heterocycles. The van der Waals surface area contributed by atoms with Crippen molar-refractivity contribution in [3.8, 4) is 0 Å². The molecular formula is C11H14ClFN2O2. The quantitative estimate of drug-likeness (QED) is 0.720. The number of hydrogen-bond acceptors (Lipinski definition) is 3. The fourth-order valence-corrected chi connectivity index (χ4v) is 1.44. The Labute approximate surface area is 104 Å². The molecule has 1 aromatic rings. The molecule has 1 aromatic carbocycles. The fraction of sp³-hybridized carbons (Fsp3) is 0.364. The third-order valence-corrected chi connectivity index (χ3v) is 2.52. The van der Waals surface area contributed by atoms with Gasteiger partial charge in [0.1, 0.15) is 11.9 Å². The zero-order chi connectivity index (χ0) is 12.8. The van der Waals surface area contributed by atoms with Gasteiger partial charge in [0.05, 0.1) is 11.6 Å². The molecule has 0 saturated heterocycles. The van der Waals surface area contributed by atoms with Gasteiger partial charge in [0.2, 0.25) is 5.91 Å². The first-order chi connectivity index (χ1) is 8.04. The summed E-state index contributed by atoms with van der Waals surface area (Å²) in [6.45, 7) is -0.0390. The number of aliphatic hydroxyl groups excluding tert-OH is 1. The number of benzene rings is 1. The summed E-state index contributed by atoms with van der Waals surface area (Å²) in [5.41, 5.74) is 6.12. The van der Waals surface area contributed by atoms with Crippen molar-refractivity contribution in [1.82, 2.24) is 5.32 Å². The summed E-state index contributed by atoms with van der Waals surface area (Å²) in [4.78, 5) is 11.2. The van der Waals surface area contributed by atoms with Crippen molar-refractivity contribution in [3.05, 3.63) is 34.6 Å². The maximum Gasteiger partial charge on any atom is 0.239 e. The molecule has 4 N–H and O–H groups in total. The lowest BCUT2D eigenvalue weighted by atomic mass is 10.1. The Morgan fingerprint density at radius 1 is 1.59 bits per heavy atom. The lowest BCUT2D eigenvalue weighted by Gasteiger charge is -2.09. The Morgan fingerprint density at radius 2 is 2.29 bits per heavy atom. The molecule has 0 aromatic heterocycles. The molecule has 0 saturated carbocycles. The summed E-state index contributed by atoms with van der Waals surface area (Å²) in [5.74, 6) is -0.887. The van der Waals surface area contributed by atoms with Gasteiger partial charge in [-0.1, -0.05) is 17.7 Å². The van der Waals surface area contributed by atoms with E-state index in [0.717, 1.165) is 5.56 Å². The smallest absolute Gasteiger partial charge is 0.239 e. The number of carbonyl (C=O) groups excluding carboxylic acids is 1. The molecule has 1 amide bonds. The van der Waals surface area contributed by atoms with E-state index in [1.54, 1.807) is 6.07 Å². The van der Waals surface area contributed by atoms with E-state index in [0.29, 0.717) is 13.0 Å².